The first kappa shape index (κ1) is 51.9. The second-order valence-corrected chi connectivity index (χ2v) is 15.5. The van der Waals surface area contributed by atoms with Crippen molar-refractivity contribution in [1.29, 1.82) is 0 Å². The van der Waals surface area contributed by atoms with Gasteiger partial charge < -0.3 is 25.2 Å². The minimum Gasteiger partial charge on any atom is -0.462 e. The van der Waals surface area contributed by atoms with E-state index in [0.29, 0.717) is 12.8 Å². The van der Waals surface area contributed by atoms with Gasteiger partial charge in [-0.25, -0.2) is 4.57 Å². The van der Waals surface area contributed by atoms with Gasteiger partial charge in [0, 0.05) is 19.4 Å². The molecule has 0 aromatic rings. The Morgan fingerprint density at radius 3 is 1.63 bits per heavy atom. The van der Waals surface area contributed by atoms with Crippen molar-refractivity contribution in [2.75, 3.05) is 26.4 Å². The maximum Gasteiger partial charge on any atom is 0.472 e. The van der Waals surface area contributed by atoms with Crippen LogP contribution in [0.25, 0.3) is 0 Å². The Morgan fingerprint density at radius 2 is 1.11 bits per heavy atom. The van der Waals surface area contributed by atoms with Crippen LogP contribution in [0.3, 0.4) is 0 Å². The normalized spacial score (nSPS) is 14.4. The highest BCUT2D eigenvalue weighted by Crippen LogP contribution is 2.43. The molecule has 0 spiro atoms. The molecule has 0 aliphatic rings. The van der Waals surface area contributed by atoms with Gasteiger partial charge in [0.1, 0.15) is 6.61 Å². The molecule has 1 unspecified atom stereocenters. The molecule has 0 amide bonds. The average molecular weight is 784 g/mol. The number of phosphoric acid groups is 1. The third kappa shape index (κ3) is 38.2. The highest BCUT2D eigenvalue weighted by Gasteiger charge is 2.25. The van der Waals surface area contributed by atoms with E-state index >= 15 is 0 Å². The molecule has 0 saturated heterocycles. The van der Waals surface area contributed by atoms with E-state index in [1.807, 2.05) is 19.1 Å². The Kier molecular flexibility index (Phi) is 37.7. The van der Waals surface area contributed by atoms with Crippen LogP contribution in [0.1, 0.15) is 174 Å². The average Bonchev–Trinajstić information content (AvgIpc) is 3.16. The van der Waals surface area contributed by atoms with Crippen molar-refractivity contribution in [3.8, 4) is 0 Å². The standard InChI is InChI=1S/C43H78NO9P/c1-3-5-6-7-8-9-10-11-12-16-19-22-25-28-31-34-42(46)50-38-41(39-52-54(48,49)51-37-36-44)53-43(47)35-32-29-26-23-20-17-14-13-15-18-21-24-27-30-33-40(45)4-2/h14-15,17-18,23-24,26-27,40-41,45H,3-13,16,19-22,25,28-39,44H2,1-2H3,(H,48,49)/b17-14-,18-15-,26-23-,27-24-/t40-,41-/m1/s1. The van der Waals surface area contributed by atoms with E-state index in [0.717, 1.165) is 57.8 Å². The summed E-state index contributed by atoms with van der Waals surface area (Å²) >= 11 is 0. The molecule has 3 atom stereocenters. The molecule has 0 fully saturated rings. The van der Waals surface area contributed by atoms with Gasteiger partial charge in [-0.05, 0) is 57.8 Å². The SMILES string of the molecule is CCCCCCCCCCCCCCCCCC(=O)OC[C@H](COP(=O)(O)OCCN)OC(=O)CCC/C=C\C/C=C\C/C=C\C/C=C\CC[C@H](O)CC. The summed E-state index contributed by atoms with van der Waals surface area (Å²) in [6, 6.07) is 0. The van der Waals surface area contributed by atoms with Crippen LogP contribution in [0, 0.1) is 0 Å². The van der Waals surface area contributed by atoms with E-state index in [9.17, 15) is 24.2 Å². The number of phosphoric ester groups is 1. The summed E-state index contributed by atoms with van der Waals surface area (Å²) in [5, 5.41) is 9.55. The molecular formula is C43H78NO9P. The van der Waals surface area contributed by atoms with Crippen LogP contribution in [-0.2, 0) is 32.7 Å². The number of allylic oxidation sites excluding steroid dienone is 8. The Labute approximate surface area is 329 Å². The molecule has 0 aliphatic carbocycles. The molecule has 11 heteroatoms. The Hall–Kier alpha value is -2.07. The van der Waals surface area contributed by atoms with Crippen LogP contribution in [0.4, 0.5) is 0 Å². The van der Waals surface area contributed by atoms with E-state index in [1.54, 1.807) is 0 Å². The van der Waals surface area contributed by atoms with Gasteiger partial charge in [0.2, 0.25) is 0 Å². The number of esters is 2. The lowest BCUT2D eigenvalue weighted by Crippen LogP contribution is -2.29. The van der Waals surface area contributed by atoms with Crippen LogP contribution in [0.2, 0.25) is 0 Å². The van der Waals surface area contributed by atoms with Gasteiger partial charge >= 0.3 is 19.8 Å². The van der Waals surface area contributed by atoms with E-state index in [1.165, 1.54) is 77.0 Å². The summed E-state index contributed by atoms with van der Waals surface area (Å²) in [7, 11) is -4.40. The summed E-state index contributed by atoms with van der Waals surface area (Å²) < 4.78 is 32.7. The second kappa shape index (κ2) is 39.2. The van der Waals surface area contributed by atoms with Crippen molar-refractivity contribution in [2.45, 2.75) is 187 Å². The molecule has 0 radical (unpaired) electrons. The van der Waals surface area contributed by atoms with Gasteiger partial charge in [-0.3, -0.25) is 18.6 Å². The molecule has 0 aromatic heterocycles. The maximum absolute atomic E-state index is 12.5. The number of aliphatic hydroxyl groups excluding tert-OH is 1. The monoisotopic (exact) mass is 784 g/mol. The number of rotatable bonds is 39. The van der Waals surface area contributed by atoms with E-state index in [-0.39, 0.29) is 38.7 Å². The van der Waals surface area contributed by atoms with Crippen LogP contribution in [-0.4, -0.2) is 60.5 Å². The van der Waals surface area contributed by atoms with Gasteiger partial charge in [-0.2, -0.15) is 0 Å². The minimum atomic E-state index is -4.40. The first-order chi connectivity index (χ1) is 26.2. The number of hydrogen-bond donors (Lipinski definition) is 3. The number of unbranched alkanes of at least 4 members (excludes halogenated alkanes) is 15. The zero-order valence-corrected chi connectivity index (χ0v) is 35.0. The van der Waals surface area contributed by atoms with Crippen LogP contribution < -0.4 is 5.73 Å². The molecule has 0 bridgehead atoms. The number of carbonyl (C=O) groups is 2. The van der Waals surface area contributed by atoms with Crippen LogP contribution >= 0.6 is 7.82 Å². The van der Waals surface area contributed by atoms with E-state index in [4.69, 9.17) is 24.3 Å². The van der Waals surface area contributed by atoms with Gasteiger partial charge in [0.25, 0.3) is 0 Å². The van der Waals surface area contributed by atoms with Crippen molar-refractivity contribution in [3.05, 3.63) is 48.6 Å². The summed E-state index contributed by atoms with van der Waals surface area (Å²) in [6.07, 6.45) is 40.9. The molecule has 0 aliphatic heterocycles. The van der Waals surface area contributed by atoms with E-state index in [2.05, 4.69) is 43.4 Å². The van der Waals surface area contributed by atoms with Crippen molar-refractivity contribution in [2.24, 2.45) is 5.73 Å². The van der Waals surface area contributed by atoms with Gasteiger partial charge in [-0.1, -0.05) is 152 Å². The van der Waals surface area contributed by atoms with Crippen LogP contribution in [0.15, 0.2) is 48.6 Å². The third-order valence-electron chi connectivity index (χ3n) is 8.88. The number of hydrogen-bond acceptors (Lipinski definition) is 9. The molecule has 0 rings (SSSR count). The van der Waals surface area contributed by atoms with Gasteiger partial charge in [0.15, 0.2) is 6.10 Å². The lowest BCUT2D eigenvalue weighted by Gasteiger charge is -2.19. The maximum atomic E-state index is 12.5. The van der Waals surface area contributed by atoms with Crippen molar-refractivity contribution >= 4 is 19.8 Å². The Morgan fingerprint density at radius 1 is 0.630 bits per heavy atom. The second-order valence-electron chi connectivity index (χ2n) is 14.0. The van der Waals surface area contributed by atoms with Crippen molar-refractivity contribution in [1.82, 2.24) is 0 Å². The third-order valence-corrected chi connectivity index (χ3v) is 9.87. The zero-order chi connectivity index (χ0) is 39.8. The van der Waals surface area contributed by atoms with Crippen molar-refractivity contribution < 1.29 is 42.7 Å². The lowest BCUT2D eigenvalue weighted by molar-refractivity contribution is -0.161. The smallest absolute Gasteiger partial charge is 0.462 e. The Bertz CT molecular complexity index is 1050. The minimum absolute atomic E-state index is 0.0384. The molecule has 54 heavy (non-hydrogen) atoms. The van der Waals surface area contributed by atoms with Gasteiger partial charge in [-0.15, -0.1) is 0 Å². The predicted molar refractivity (Wildman–Crippen MR) is 221 cm³/mol. The first-order valence-corrected chi connectivity index (χ1v) is 22.7. The highest BCUT2D eigenvalue weighted by molar-refractivity contribution is 7.47. The summed E-state index contributed by atoms with van der Waals surface area (Å²) in [5.41, 5.74) is 5.34. The fourth-order valence-corrected chi connectivity index (χ4v) is 6.31. The lowest BCUT2D eigenvalue weighted by atomic mass is 10.0. The molecule has 0 heterocycles. The summed E-state index contributed by atoms with van der Waals surface area (Å²) in [4.78, 5) is 34.8. The summed E-state index contributed by atoms with van der Waals surface area (Å²) in [5.74, 6) is -0.911. The number of ether oxygens (including phenoxy) is 2. The quantitative estimate of drug-likeness (QED) is 0.0237. The molecule has 314 valence electrons. The molecular weight excluding hydrogens is 705 g/mol. The largest absolute Gasteiger partial charge is 0.472 e. The zero-order valence-electron chi connectivity index (χ0n) is 34.1. The Balaban J connectivity index is 4.27. The topological polar surface area (TPSA) is 155 Å². The van der Waals surface area contributed by atoms with Crippen molar-refractivity contribution in [3.63, 3.8) is 0 Å². The van der Waals surface area contributed by atoms with E-state index < -0.39 is 32.5 Å². The highest BCUT2D eigenvalue weighted by atomic mass is 31.2. The first-order valence-electron chi connectivity index (χ1n) is 21.2. The number of nitrogens with two attached hydrogens (primary N) is 1. The molecule has 0 saturated carbocycles. The van der Waals surface area contributed by atoms with Crippen LogP contribution in [0.5, 0.6) is 0 Å². The number of aliphatic hydroxyl groups is 1. The fraction of sp³-hybridized carbons (Fsp3) is 0.767. The molecule has 10 nitrogen and oxygen atoms in total. The number of carbonyl (C=O) groups excluding carboxylic acids is 2. The fourth-order valence-electron chi connectivity index (χ4n) is 5.55. The molecule has 0 aromatic carbocycles. The summed E-state index contributed by atoms with van der Waals surface area (Å²) in [6.45, 7) is 3.38. The van der Waals surface area contributed by atoms with Gasteiger partial charge in [0.05, 0.1) is 19.3 Å². The molecule has 4 N–H and O–H groups in total. The predicted octanol–water partition coefficient (Wildman–Crippen LogP) is 10.9.